The van der Waals surface area contributed by atoms with Crippen molar-refractivity contribution in [3.05, 3.63) is 57.9 Å². The third kappa shape index (κ3) is 3.52. The molecule has 4 heteroatoms. The summed E-state index contributed by atoms with van der Waals surface area (Å²) in [5, 5.41) is 3.37. The zero-order chi connectivity index (χ0) is 19.7. The standard InChI is InChI=1S/C24H29NO3/c1-15-9-6-7-12-18(15)22-21(24(27)28-17-10-4-3-5-11-17)16(2)25-19-13-8-14-20(26)23(19)22/h6-7,9,12,17,22,25H,3-5,8,10-11,13-14H2,1-2H3/t22-/m1/s1. The average Bonchev–Trinajstić information content (AvgIpc) is 2.68. The van der Waals surface area contributed by atoms with Gasteiger partial charge in [-0.3, -0.25) is 4.79 Å². The van der Waals surface area contributed by atoms with Crippen LogP contribution in [0.15, 0.2) is 46.8 Å². The Bertz CT molecular complexity index is 858. The predicted octanol–water partition coefficient (Wildman–Crippen LogP) is 4.84. The summed E-state index contributed by atoms with van der Waals surface area (Å²) in [6.45, 7) is 3.98. The lowest BCUT2D eigenvalue weighted by molar-refractivity contribution is -0.146. The Morgan fingerprint density at radius 1 is 1.04 bits per heavy atom. The summed E-state index contributed by atoms with van der Waals surface area (Å²) in [7, 11) is 0. The number of esters is 1. The maximum absolute atomic E-state index is 13.3. The number of allylic oxidation sites excluding steroid dienone is 3. The van der Waals surface area contributed by atoms with Crippen molar-refractivity contribution in [3.63, 3.8) is 0 Å². The first-order valence-corrected chi connectivity index (χ1v) is 10.6. The van der Waals surface area contributed by atoms with Gasteiger partial charge in [0.2, 0.25) is 0 Å². The number of benzene rings is 1. The second-order valence-corrected chi connectivity index (χ2v) is 8.29. The SMILES string of the molecule is CC1=C(C(=O)OC2CCCCC2)[C@@H](c2ccccc2C)C2=C(CCCC2=O)N1. The topological polar surface area (TPSA) is 55.4 Å². The maximum Gasteiger partial charge on any atom is 0.337 e. The fourth-order valence-electron chi connectivity index (χ4n) is 4.87. The molecule has 1 aliphatic heterocycles. The fraction of sp³-hybridized carbons (Fsp3) is 0.500. The normalized spacial score (nSPS) is 23.4. The van der Waals surface area contributed by atoms with E-state index >= 15 is 0 Å². The molecule has 0 amide bonds. The lowest BCUT2D eigenvalue weighted by atomic mass is 9.74. The van der Waals surface area contributed by atoms with Crippen molar-refractivity contribution < 1.29 is 14.3 Å². The van der Waals surface area contributed by atoms with Gasteiger partial charge in [-0.2, -0.15) is 0 Å². The van der Waals surface area contributed by atoms with Crippen LogP contribution in [0.4, 0.5) is 0 Å². The number of dihydropyridines is 1. The number of carbonyl (C=O) groups excluding carboxylic acids is 2. The summed E-state index contributed by atoms with van der Waals surface area (Å²) >= 11 is 0. The molecule has 4 nitrogen and oxygen atoms in total. The van der Waals surface area contributed by atoms with E-state index in [1.165, 1.54) is 6.42 Å². The molecule has 0 aromatic heterocycles. The van der Waals surface area contributed by atoms with Crippen molar-refractivity contribution in [3.8, 4) is 0 Å². The second-order valence-electron chi connectivity index (χ2n) is 8.29. The van der Waals surface area contributed by atoms with Crippen molar-refractivity contribution in [2.75, 3.05) is 0 Å². The van der Waals surface area contributed by atoms with Crippen LogP contribution in [0.2, 0.25) is 0 Å². The van der Waals surface area contributed by atoms with Gasteiger partial charge in [0.25, 0.3) is 0 Å². The molecule has 28 heavy (non-hydrogen) atoms. The zero-order valence-corrected chi connectivity index (χ0v) is 16.8. The van der Waals surface area contributed by atoms with Crippen LogP contribution in [0.3, 0.4) is 0 Å². The van der Waals surface area contributed by atoms with Gasteiger partial charge in [0.1, 0.15) is 6.10 Å². The Kier molecular flexibility index (Phi) is 5.38. The Balaban J connectivity index is 1.75. The van der Waals surface area contributed by atoms with Crippen molar-refractivity contribution in [2.24, 2.45) is 0 Å². The molecule has 1 N–H and O–H groups in total. The number of nitrogens with one attached hydrogen (secondary N) is 1. The lowest BCUT2D eigenvalue weighted by Gasteiger charge is -2.35. The summed E-state index contributed by atoms with van der Waals surface area (Å²) in [5.74, 6) is -0.450. The molecule has 0 spiro atoms. The predicted molar refractivity (Wildman–Crippen MR) is 109 cm³/mol. The lowest BCUT2D eigenvalue weighted by Crippen LogP contribution is -2.35. The number of carbonyl (C=O) groups is 2. The molecular formula is C24H29NO3. The minimum Gasteiger partial charge on any atom is -0.459 e. The van der Waals surface area contributed by atoms with Crippen molar-refractivity contribution >= 4 is 11.8 Å². The van der Waals surface area contributed by atoms with E-state index in [0.717, 1.165) is 66.6 Å². The quantitative estimate of drug-likeness (QED) is 0.764. The van der Waals surface area contributed by atoms with Crippen LogP contribution in [-0.2, 0) is 14.3 Å². The monoisotopic (exact) mass is 379 g/mol. The summed E-state index contributed by atoms with van der Waals surface area (Å²) in [6, 6.07) is 8.06. The fourth-order valence-corrected chi connectivity index (χ4v) is 4.87. The van der Waals surface area contributed by atoms with Gasteiger partial charge in [-0.1, -0.05) is 30.7 Å². The second kappa shape index (κ2) is 7.94. The van der Waals surface area contributed by atoms with Gasteiger partial charge in [-0.25, -0.2) is 4.79 Å². The van der Waals surface area contributed by atoms with Gasteiger partial charge in [0, 0.05) is 29.3 Å². The van der Waals surface area contributed by atoms with E-state index in [-0.39, 0.29) is 23.8 Å². The molecule has 1 aromatic rings. The van der Waals surface area contributed by atoms with E-state index in [9.17, 15) is 9.59 Å². The van der Waals surface area contributed by atoms with Crippen molar-refractivity contribution in [1.82, 2.24) is 5.32 Å². The average molecular weight is 380 g/mol. The number of rotatable bonds is 3. The van der Waals surface area contributed by atoms with Gasteiger partial charge in [-0.05, 0) is 63.5 Å². The summed E-state index contributed by atoms with van der Waals surface area (Å²) < 4.78 is 5.94. The Hall–Kier alpha value is -2.36. The molecule has 4 rings (SSSR count). The van der Waals surface area contributed by atoms with Crippen LogP contribution >= 0.6 is 0 Å². The number of hydrogen-bond donors (Lipinski definition) is 1. The van der Waals surface area contributed by atoms with E-state index in [0.29, 0.717) is 12.0 Å². The molecule has 0 unspecified atom stereocenters. The van der Waals surface area contributed by atoms with Gasteiger partial charge >= 0.3 is 5.97 Å². The molecule has 1 atom stereocenters. The number of aryl methyl sites for hydroxylation is 1. The molecule has 1 heterocycles. The molecule has 1 fully saturated rings. The number of hydrogen-bond acceptors (Lipinski definition) is 4. The molecule has 0 bridgehead atoms. The highest BCUT2D eigenvalue weighted by molar-refractivity contribution is 6.03. The summed E-state index contributed by atoms with van der Waals surface area (Å²) in [5.41, 5.74) is 5.30. The van der Waals surface area contributed by atoms with Gasteiger partial charge < -0.3 is 10.1 Å². The summed E-state index contributed by atoms with van der Waals surface area (Å²) in [6.07, 6.45) is 7.58. The van der Waals surface area contributed by atoms with E-state index in [1.807, 2.05) is 38.1 Å². The first-order chi connectivity index (χ1) is 13.6. The van der Waals surface area contributed by atoms with Crippen LogP contribution in [-0.4, -0.2) is 17.9 Å². The molecular weight excluding hydrogens is 350 g/mol. The molecule has 148 valence electrons. The Morgan fingerprint density at radius 2 is 1.79 bits per heavy atom. The molecule has 3 aliphatic rings. The Morgan fingerprint density at radius 3 is 2.54 bits per heavy atom. The minimum absolute atomic E-state index is 0.00324. The van der Waals surface area contributed by atoms with Crippen molar-refractivity contribution in [2.45, 2.75) is 77.2 Å². The first-order valence-electron chi connectivity index (χ1n) is 10.6. The zero-order valence-electron chi connectivity index (χ0n) is 16.8. The summed E-state index contributed by atoms with van der Waals surface area (Å²) in [4.78, 5) is 26.2. The van der Waals surface area contributed by atoms with Crippen LogP contribution in [0.1, 0.15) is 75.3 Å². The van der Waals surface area contributed by atoms with Crippen LogP contribution in [0.25, 0.3) is 0 Å². The molecule has 1 saturated carbocycles. The van der Waals surface area contributed by atoms with Gasteiger partial charge in [-0.15, -0.1) is 0 Å². The number of Topliss-reactive ketones (excluding diaryl/α,β-unsaturated/α-hetero) is 1. The minimum atomic E-state index is -0.332. The van der Waals surface area contributed by atoms with E-state index < -0.39 is 0 Å². The smallest absolute Gasteiger partial charge is 0.337 e. The van der Waals surface area contributed by atoms with Gasteiger partial charge in [0.05, 0.1) is 5.57 Å². The highest BCUT2D eigenvalue weighted by atomic mass is 16.5. The van der Waals surface area contributed by atoms with Crippen LogP contribution in [0.5, 0.6) is 0 Å². The third-order valence-corrected chi connectivity index (χ3v) is 6.32. The van der Waals surface area contributed by atoms with Crippen molar-refractivity contribution in [1.29, 1.82) is 0 Å². The van der Waals surface area contributed by atoms with Gasteiger partial charge in [0.15, 0.2) is 5.78 Å². The maximum atomic E-state index is 13.3. The van der Waals surface area contributed by atoms with E-state index in [1.54, 1.807) is 0 Å². The molecule has 0 saturated heterocycles. The number of ether oxygens (including phenoxy) is 1. The number of ketones is 1. The van der Waals surface area contributed by atoms with E-state index in [2.05, 4.69) is 5.32 Å². The third-order valence-electron chi connectivity index (χ3n) is 6.32. The van der Waals surface area contributed by atoms with E-state index in [4.69, 9.17) is 4.74 Å². The van der Waals surface area contributed by atoms with Crippen LogP contribution < -0.4 is 5.32 Å². The van der Waals surface area contributed by atoms with Crippen LogP contribution in [0, 0.1) is 6.92 Å². The highest BCUT2D eigenvalue weighted by Gasteiger charge is 2.40. The highest BCUT2D eigenvalue weighted by Crippen LogP contribution is 2.43. The molecule has 0 radical (unpaired) electrons. The molecule has 1 aromatic carbocycles. The molecule has 2 aliphatic carbocycles. The Labute approximate surface area is 167 Å². The first kappa shape index (κ1) is 19.0. The largest absolute Gasteiger partial charge is 0.459 e.